The molecule has 0 radical (unpaired) electrons. The molecule has 0 amide bonds. The molecule has 3 nitrogen and oxygen atoms in total. The van der Waals surface area contributed by atoms with E-state index in [9.17, 15) is 4.79 Å². The third kappa shape index (κ3) is 4.66. The topological polar surface area (TPSA) is 42.0 Å². The predicted octanol–water partition coefficient (Wildman–Crippen LogP) is 3.97. The summed E-state index contributed by atoms with van der Waals surface area (Å²) in [6, 6.07) is 12.9. The summed E-state index contributed by atoms with van der Waals surface area (Å²) in [7, 11) is 0. The molecule has 0 bridgehead atoms. The van der Waals surface area contributed by atoms with Crippen LogP contribution in [-0.4, -0.2) is 22.9 Å². The van der Waals surface area contributed by atoms with Gasteiger partial charge in [0.25, 0.3) is 0 Å². The van der Waals surface area contributed by atoms with Crippen LogP contribution in [-0.2, 0) is 0 Å². The summed E-state index contributed by atoms with van der Waals surface area (Å²) < 4.78 is 0. The quantitative estimate of drug-likeness (QED) is 0.869. The fourth-order valence-corrected chi connectivity index (χ4v) is 2.02. The summed E-state index contributed by atoms with van der Waals surface area (Å²) in [4.78, 5) is 16.6. The first-order valence-corrected chi connectivity index (χ1v) is 7.24. The number of pyridine rings is 1. The van der Waals surface area contributed by atoms with Gasteiger partial charge in [0.2, 0.25) is 0 Å². The van der Waals surface area contributed by atoms with Gasteiger partial charge in [-0.25, -0.2) is 4.98 Å². The van der Waals surface area contributed by atoms with Crippen molar-refractivity contribution in [2.24, 2.45) is 0 Å². The van der Waals surface area contributed by atoms with E-state index in [1.54, 1.807) is 6.07 Å². The number of rotatable bonds is 4. The van der Waals surface area contributed by atoms with Gasteiger partial charge in [-0.15, -0.1) is 0 Å². The zero-order chi connectivity index (χ0) is 15.5. The molecule has 1 aromatic carbocycles. The average Bonchev–Trinajstić information content (AvgIpc) is 2.44. The molecular formula is C17H19ClN2O. The number of carbonyl (C=O) groups excluding carboxylic acids is 1. The van der Waals surface area contributed by atoms with Crippen molar-refractivity contribution in [1.29, 1.82) is 0 Å². The molecule has 1 heterocycles. The number of hydrogen-bond donors (Lipinski definition) is 1. The number of carbonyl (C=O) groups is 1. The van der Waals surface area contributed by atoms with Crippen LogP contribution in [0.2, 0.25) is 5.02 Å². The Bertz CT molecular complexity index is 647. The molecule has 0 aliphatic rings. The van der Waals surface area contributed by atoms with E-state index in [0.717, 1.165) is 11.3 Å². The van der Waals surface area contributed by atoms with Gasteiger partial charge in [0.1, 0.15) is 5.69 Å². The van der Waals surface area contributed by atoms with Gasteiger partial charge in [0.05, 0.1) is 12.2 Å². The molecule has 0 fully saturated rings. The van der Waals surface area contributed by atoms with Crippen molar-refractivity contribution in [3.8, 4) is 11.3 Å². The van der Waals surface area contributed by atoms with E-state index in [0.29, 0.717) is 10.7 Å². The molecule has 1 aromatic heterocycles. The van der Waals surface area contributed by atoms with Gasteiger partial charge >= 0.3 is 0 Å². The molecule has 0 aliphatic carbocycles. The van der Waals surface area contributed by atoms with E-state index in [1.165, 1.54) is 0 Å². The van der Waals surface area contributed by atoms with Crippen LogP contribution in [0.25, 0.3) is 11.3 Å². The van der Waals surface area contributed by atoms with Crippen LogP contribution < -0.4 is 5.32 Å². The third-order valence-electron chi connectivity index (χ3n) is 2.93. The second-order valence-electron chi connectivity index (χ2n) is 5.95. The van der Waals surface area contributed by atoms with Crippen LogP contribution in [0.5, 0.6) is 0 Å². The maximum absolute atomic E-state index is 12.2. The molecule has 0 aliphatic heterocycles. The molecule has 1 N–H and O–H groups in total. The number of halogens is 1. The lowest BCUT2D eigenvalue weighted by Gasteiger charge is -2.19. The molecule has 2 aromatic rings. The van der Waals surface area contributed by atoms with Gasteiger partial charge in [0, 0.05) is 16.1 Å². The van der Waals surface area contributed by atoms with E-state index >= 15 is 0 Å². The van der Waals surface area contributed by atoms with Gasteiger partial charge in [-0.05, 0) is 45.0 Å². The second kappa shape index (κ2) is 6.37. The molecular weight excluding hydrogens is 284 g/mol. The lowest BCUT2D eigenvalue weighted by molar-refractivity contribution is 0.0977. The molecule has 2 rings (SSSR count). The highest BCUT2D eigenvalue weighted by molar-refractivity contribution is 6.30. The summed E-state index contributed by atoms with van der Waals surface area (Å²) in [5.74, 6) is -0.0196. The van der Waals surface area contributed by atoms with Crippen molar-refractivity contribution in [3.05, 3.63) is 53.2 Å². The Kier molecular flexibility index (Phi) is 4.76. The first-order chi connectivity index (χ1) is 9.85. The highest BCUT2D eigenvalue weighted by Gasteiger charge is 2.14. The van der Waals surface area contributed by atoms with Gasteiger partial charge in [0.15, 0.2) is 5.78 Å². The van der Waals surface area contributed by atoms with Crippen molar-refractivity contribution in [2.45, 2.75) is 26.3 Å². The summed E-state index contributed by atoms with van der Waals surface area (Å²) in [5.41, 5.74) is 2.02. The molecule has 0 saturated carbocycles. The van der Waals surface area contributed by atoms with Crippen LogP contribution in [0.15, 0.2) is 42.5 Å². The number of nitrogens with one attached hydrogen (secondary N) is 1. The molecule has 21 heavy (non-hydrogen) atoms. The third-order valence-corrected chi connectivity index (χ3v) is 3.17. The van der Waals surface area contributed by atoms with E-state index in [4.69, 9.17) is 11.6 Å². The van der Waals surface area contributed by atoms with Crippen molar-refractivity contribution in [2.75, 3.05) is 6.54 Å². The van der Waals surface area contributed by atoms with Crippen molar-refractivity contribution in [1.82, 2.24) is 10.3 Å². The zero-order valence-electron chi connectivity index (χ0n) is 12.5. The molecule has 0 spiro atoms. The first-order valence-electron chi connectivity index (χ1n) is 6.86. The smallest absolute Gasteiger partial charge is 0.194 e. The number of Topliss-reactive ketones (excluding diaryl/α,β-unsaturated/α-hetero) is 1. The normalized spacial score (nSPS) is 11.4. The zero-order valence-corrected chi connectivity index (χ0v) is 13.2. The van der Waals surface area contributed by atoms with Gasteiger partial charge in [-0.3, -0.25) is 4.79 Å². The van der Waals surface area contributed by atoms with Crippen LogP contribution in [0.1, 0.15) is 31.3 Å². The van der Waals surface area contributed by atoms with Crippen molar-refractivity contribution < 1.29 is 4.79 Å². The van der Waals surface area contributed by atoms with E-state index in [2.05, 4.69) is 10.3 Å². The minimum atomic E-state index is -0.0970. The lowest BCUT2D eigenvalue weighted by Crippen LogP contribution is -2.39. The van der Waals surface area contributed by atoms with E-state index < -0.39 is 0 Å². The Labute approximate surface area is 130 Å². The van der Waals surface area contributed by atoms with Crippen molar-refractivity contribution >= 4 is 17.4 Å². The highest BCUT2D eigenvalue weighted by Crippen LogP contribution is 2.21. The number of hydrogen-bond acceptors (Lipinski definition) is 3. The Morgan fingerprint density at radius 1 is 1.19 bits per heavy atom. The standard InChI is InChI=1S/C17H19ClN2O/c1-17(2,3)19-11-16(21)15-9-5-8-14(20-15)12-6-4-7-13(18)10-12/h4-10,19H,11H2,1-3H3. The second-order valence-corrected chi connectivity index (χ2v) is 6.38. The Balaban J connectivity index is 2.20. The largest absolute Gasteiger partial charge is 0.305 e. The number of ketones is 1. The predicted molar refractivity (Wildman–Crippen MR) is 86.8 cm³/mol. The van der Waals surface area contributed by atoms with Gasteiger partial charge in [-0.1, -0.05) is 29.8 Å². The number of nitrogens with zero attached hydrogens (tertiary/aromatic N) is 1. The maximum atomic E-state index is 12.2. The van der Waals surface area contributed by atoms with E-state index in [-0.39, 0.29) is 17.9 Å². The molecule has 110 valence electrons. The minimum absolute atomic E-state index is 0.0196. The average molecular weight is 303 g/mol. The molecule has 4 heteroatoms. The lowest BCUT2D eigenvalue weighted by atomic mass is 10.1. The summed E-state index contributed by atoms with van der Waals surface area (Å²) in [5, 5.41) is 3.83. The first kappa shape index (κ1) is 15.7. The Morgan fingerprint density at radius 3 is 2.57 bits per heavy atom. The fourth-order valence-electron chi connectivity index (χ4n) is 1.83. The van der Waals surface area contributed by atoms with Crippen LogP contribution in [0.3, 0.4) is 0 Å². The minimum Gasteiger partial charge on any atom is -0.305 e. The fraction of sp³-hybridized carbons (Fsp3) is 0.294. The number of aromatic nitrogens is 1. The van der Waals surface area contributed by atoms with Crippen LogP contribution >= 0.6 is 11.6 Å². The Morgan fingerprint density at radius 2 is 1.90 bits per heavy atom. The van der Waals surface area contributed by atoms with Crippen molar-refractivity contribution in [3.63, 3.8) is 0 Å². The monoisotopic (exact) mass is 302 g/mol. The summed E-state index contributed by atoms with van der Waals surface area (Å²) in [6.07, 6.45) is 0. The van der Waals surface area contributed by atoms with Crippen LogP contribution in [0.4, 0.5) is 0 Å². The van der Waals surface area contributed by atoms with Gasteiger partial charge in [-0.2, -0.15) is 0 Å². The summed E-state index contributed by atoms with van der Waals surface area (Å²) >= 11 is 5.99. The number of benzene rings is 1. The molecule has 0 atom stereocenters. The molecule has 0 unspecified atom stereocenters. The molecule has 0 saturated heterocycles. The van der Waals surface area contributed by atoms with Gasteiger partial charge < -0.3 is 5.32 Å². The van der Waals surface area contributed by atoms with E-state index in [1.807, 2.05) is 57.2 Å². The summed E-state index contributed by atoms with van der Waals surface area (Å²) in [6.45, 7) is 6.35. The Hall–Kier alpha value is -1.71. The maximum Gasteiger partial charge on any atom is 0.194 e. The highest BCUT2D eigenvalue weighted by atomic mass is 35.5. The van der Waals surface area contributed by atoms with Crippen LogP contribution in [0, 0.1) is 0 Å². The SMILES string of the molecule is CC(C)(C)NCC(=O)c1cccc(-c2cccc(Cl)c2)n1.